The van der Waals surface area contributed by atoms with E-state index in [0.717, 1.165) is 24.8 Å². The summed E-state index contributed by atoms with van der Waals surface area (Å²) in [5.41, 5.74) is 5.60. The van der Waals surface area contributed by atoms with E-state index >= 15 is 0 Å². The van der Waals surface area contributed by atoms with Crippen LogP contribution in [0.4, 0.5) is 0 Å². The van der Waals surface area contributed by atoms with Crippen LogP contribution in [-0.4, -0.2) is 47.2 Å². The predicted molar refractivity (Wildman–Crippen MR) is 100 cm³/mol. The Morgan fingerprint density at radius 3 is 2.44 bits per heavy atom. The molecule has 1 spiro atoms. The molecule has 0 radical (unpaired) electrons. The summed E-state index contributed by atoms with van der Waals surface area (Å²) in [7, 11) is 0. The van der Waals surface area contributed by atoms with Crippen molar-refractivity contribution in [3.8, 4) is 0 Å². The first-order chi connectivity index (χ1) is 12.9. The molecule has 1 aliphatic carbocycles. The SMILES string of the molecule is NC(=O)C1(C(=O)N2CCCC3(CCC(=O)N(Cc4ccccc4)C3)C2)CC1. The molecule has 0 aromatic heterocycles. The second-order valence-electron chi connectivity index (χ2n) is 8.51. The van der Waals surface area contributed by atoms with Gasteiger partial charge in [0, 0.05) is 38.0 Å². The summed E-state index contributed by atoms with van der Waals surface area (Å²) in [5.74, 6) is -0.402. The molecule has 0 bridgehead atoms. The minimum atomic E-state index is -0.952. The van der Waals surface area contributed by atoms with E-state index in [-0.39, 0.29) is 17.2 Å². The molecule has 2 N–H and O–H groups in total. The number of primary amides is 1. The Morgan fingerprint density at radius 1 is 1.04 bits per heavy atom. The number of carbonyl (C=O) groups is 3. The van der Waals surface area contributed by atoms with Crippen LogP contribution in [0.25, 0.3) is 0 Å². The van der Waals surface area contributed by atoms with Gasteiger partial charge >= 0.3 is 0 Å². The van der Waals surface area contributed by atoms with Crippen molar-refractivity contribution in [3.05, 3.63) is 35.9 Å². The average molecular weight is 369 g/mol. The zero-order valence-electron chi connectivity index (χ0n) is 15.7. The van der Waals surface area contributed by atoms with Gasteiger partial charge in [-0.15, -0.1) is 0 Å². The molecule has 2 heterocycles. The van der Waals surface area contributed by atoms with Gasteiger partial charge in [-0.25, -0.2) is 0 Å². The summed E-state index contributed by atoms with van der Waals surface area (Å²) in [4.78, 5) is 41.0. The number of hydrogen-bond donors (Lipinski definition) is 1. The predicted octanol–water partition coefficient (Wildman–Crippen LogP) is 1.68. The Morgan fingerprint density at radius 2 is 1.78 bits per heavy atom. The van der Waals surface area contributed by atoms with Crippen molar-refractivity contribution in [2.75, 3.05) is 19.6 Å². The van der Waals surface area contributed by atoms with E-state index < -0.39 is 11.3 Å². The quantitative estimate of drug-likeness (QED) is 0.820. The van der Waals surface area contributed by atoms with Gasteiger partial charge in [-0.05, 0) is 37.7 Å². The van der Waals surface area contributed by atoms with Crippen LogP contribution >= 0.6 is 0 Å². The number of hydrogen-bond acceptors (Lipinski definition) is 3. The Bertz CT molecular complexity index is 759. The zero-order chi connectivity index (χ0) is 19.1. The third-order valence-electron chi connectivity index (χ3n) is 6.54. The van der Waals surface area contributed by atoms with E-state index in [4.69, 9.17) is 5.73 Å². The van der Waals surface area contributed by atoms with Crippen molar-refractivity contribution in [3.63, 3.8) is 0 Å². The topological polar surface area (TPSA) is 83.7 Å². The molecule has 1 aromatic rings. The molecule has 1 unspecified atom stereocenters. The van der Waals surface area contributed by atoms with Gasteiger partial charge in [0.05, 0.1) is 0 Å². The highest BCUT2D eigenvalue weighted by Crippen LogP contribution is 2.48. The number of likely N-dealkylation sites (tertiary alicyclic amines) is 2. The molecule has 2 saturated heterocycles. The molecular formula is C21H27N3O3. The molecule has 1 saturated carbocycles. The molecule has 2 aliphatic heterocycles. The summed E-state index contributed by atoms with van der Waals surface area (Å²) >= 11 is 0. The molecule has 6 nitrogen and oxygen atoms in total. The van der Waals surface area contributed by atoms with Gasteiger partial charge in [0.15, 0.2) is 0 Å². The third-order valence-corrected chi connectivity index (χ3v) is 6.54. The Balaban J connectivity index is 1.48. The number of piperidine rings is 2. The molecule has 3 aliphatic rings. The molecule has 3 fully saturated rings. The summed E-state index contributed by atoms with van der Waals surface area (Å²) in [6.45, 7) is 2.59. The van der Waals surface area contributed by atoms with Crippen LogP contribution in [0.2, 0.25) is 0 Å². The summed E-state index contributed by atoms with van der Waals surface area (Å²) in [6, 6.07) is 10.0. The van der Waals surface area contributed by atoms with Crippen LogP contribution in [0, 0.1) is 10.8 Å². The lowest BCUT2D eigenvalue weighted by atomic mass is 9.73. The van der Waals surface area contributed by atoms with Gasteiger partial charge in [0.2, 0.25) is 17.7 Å². The Kier molecular flexibility index (Phi) is 4.44. The molecule has 27 heavy (non-hydrogen) atoms. The second kappa shape index (κ2) is 6.66. The molecule has 144 valence electrons. The number of rotatable bonds is 4. The molecule has 6 heteroatoms. The van der Waals surface area contributed by atoms with Crippen LogP contribution in [0.1, 0.15) is 44.1 Å². The lowest BCUT2D eigenvalue weighted by molar-refractivity contribution is -0.149. The number of benzene rings is 1. The fraction of sp³-hybridized carbons (Fsp3) is 0.571. The maximum Gasteiger partial charge on any atom is 0.238 e. The maximum atomic E-state index is 12.9. The standard InChI is InChI=1S/C21H27N3O3/c22-18(26)21(10-11-21)19(27)23-12-4-8-20(14-23)9-7-17(25)24(15-20)13-16-5-2-1-3-6-16/h1-3,5-6H,4,7-15H2,(H2,22,26). The van der Waals surface area contributed by atoms with Crippen LogP contribution in [0.5, 0.6) is 0 Å². The summed E-state index contributed by atoms with van der Waals surface area (Å²) < 4.78 is 0. The first-order valence-electron chi connectivity index (χ1n) is 9.85. The highest BCUT2D eigenvalue weighted by Gasteiger charge is 2.58. The van der Waals surface area contributed by atoms with Gasteiger partial charge < -0.3 is 15.5 Å². The molecule has 4 rings (SSSR count). The van der Waals surface area contributed by atoms with Crippen LogP contribution in [0.3, 0.4) is 0 Å². The molecular weight excluding hydrogens is 342 g/mol. The molecule has 3 amide bonds. The summed E-state index contributed by atoms with van der Waals surface area (Å²) in [6.07, 6.45) is 4.40. The smallest absolute Gasteiger partial charge is 0.238 e. The van der Waals surface area contributed by atoms with Crippen molar-refractivity contribution < 1.29 is 14.4 Å². The lowest BCUT2D eigenvalue weighted by Crippen LogP contribution is -2.56. The molecule has 1 aromatic carbocycles. The van der Waals surface area contributed by atoms with Gasteiger partial charge in [-0.2, -0.15) is 0 Å². The number of amides is 3. The maximum absolute atomic E-state index is 12.9. The lowest BCUT2D eigenvalue weighted by Gasteiger charge is -2.48. The fourth-order valence-electron chi connectivity index (χ4n) is 4.76. The van der Waals surface area contributed by atoms with Crippen molar-refractivity contribution in [2.24, 2.45) is 16.6 Å². The summed E-state index contributed by atoms with van der Waals surface area (Å²) in [5, 5.41) is 0. The second-order valence-corrected chi connectivity index (χ2v) is 8.51. The van der Waals surface area contributed by atoms with E-state index in [9.17, 15) is 14.4 Å². The Hall–Kier alpha value is -2.37. The number of carbonyl (C=O) groups excluding carboxylic acids is 3. The number of nitrogens with two attached hydrogens (primary N) is 1. The van der Waals surface area contributed by atoms with Crippen molar-refractivity contribution in [1.82, 2.24) is 9.80 Å². The van der Waals surface area contributed by atoms with Crippen molar-refractivity contribution in [1.29, 1.82) is 0 Å². The van der Waals surface area contributed by atoms with Crippen LogP contribution < -0.4 is 5.73 Å². The van der Waals surface area contributed by atoms with Gasteiger partial charge in [0.1, 0.15) is 5.41 Å². The minimum Gasteiger partial charge on any atom is -0.369 e. The van der Waals surface area contributed by atoms with Crippen molar-refractivity contribution in [2.45, 2.75) is 45.1 Å². The van der Waals surface area contributed by atoms with E-state index in [1.54, 1.807) is 0 Å². The highest BCUT2D eigenvalue weighted by atomic mass is 16.2. The van der Waals surface area contributed by atoms with Gasteiger partial charge in [-0.3, -0.25) is 14.4 Å². The minimum absolute atomic E-state index is 0.0652. The third kappa shape index (κ3) is 3.33. The molecule has 1 atom stereocenters. The van der Waals surface area contributed by atoms with E-state index in [1.807, 2.05) is 40.1 Å². The van der Waals surface area contributed by atoms with E-state index in [2.05, 4.69) is 0 Å². The monoisotopic (exact) mass is 369 g/mol. The first kappa shape index (κ1) is 18.0. The van der Waals surface area contributed by atoms with Crippen molar-refractivity contribution >= 4 is 17.7 Å². The normalized spacial score (nSPS) is 26.9. The van der Waals surface area contributed by atoms with Gasteiger partial charge in [-0.1, -0.05) is 30.3 Å². The van der Waals surface area contributed by atoms with E-state index in [0.29, 0.717) is 45.4 Å². The highest BCUT2D eigenvalue weighted by molar-refractivity contribution is 6.07. The first-order valence-corrected chi connectivity index (χ1v) is 9.85. The van der Waals surface area contributed by atoms with E-state index in [1.165, 1.54) is 0 Å². The average Bonchev–Trinajstić information content (AvgIpc) is 3.47. The Labute approximate surface area is 159 Å². The van der Waals surface area contributed by atoms with Gasteiger partial charge in [0.25, 0.3) is 0 Å². The number of nitrogens with zero attached hydrogens (tertiary/aromatic N) is 2. The largest absolute Gasteiger partial charge is 0.369 e. The zero-order valence-corrected chi connectivity index (χ0v) is 15.7. The van der Waals surface area contributed by atoms with Crippen LogP contribution in [0.15, 0.2) is 30.3 Å². The van der Waals surface area contributed by atoms with Crippen LogP contribution in [-0.2, 0) is 20.9 Å². The fourth-order valence-corrected chi connectivity index (χ4v) is 4.76.